The first-order valence-electron chi connectivity index (χ1n) is 5.85. The quantitative estimate of drug-likeness (QED) is 0.910. The van der Waals surface area contributed by atoms with E-state index >= 15 is 0 Å². The maximum Gasteiger partial charge on any atom is 0.251 e. The number of benzene rings is 2. The summed E-state index contributed by atoms with van der Waals surface area (Å²) in [5, 5.41) is 3.41. The van der Waals surface area contributed by atoms with Crippen molar-refractivity contribution >= 4 is 17.5 Å². The Hall–Kier alpha value is -1.87. The van der Waals surface area contributed by atoms with Crippen molar-refractivity contribution in [1.82, 2.24) is 5.32 Å². The fraction of sp³-hybridized carbons (Fsp3) is 0.133. The molecule has 98 valence electrons. The van der Waals surface area contributed by atoms with Gasteiger partial charge in [0.05, 0.1) is 0 Å². The third-order valence-corrected chi connectivity index (χ3v) is 3.01. The van der Waals surface area contributed by atoms with Gasteiger partial charge in [-0.05, 0) is 48.4 Å². The summed E-state index contributed by atoms with van der Waals surface area (Å²) < 4.78 is 13.0. The molecule has 2 aromatic rings. The molecule has 0 atom stereocenters. The summed E-state index contributed by atoms with van der Waals surface area (Å²) in [6.07, 6.45) is 0. The van der Waals surface area contributed by atoms with E-state index < -0.39 is 0 Å². The summed E-state index contributed by atoms with van der Waals surface area (Å²) in [4.78, 5) is 12.0. The van der Waals surface area contributed by atoms with Gasteiger partial charge in [0.1, 0.15) is 5.82 Å². The van der Waals surface area contributed by atoms with Crippen molar-refractivity contribution in [1.29, 1.82) is 0 Å². The lowest BCUT2D eigenvalue weighted by molar-refractivity contribution is 0.0950. The summed E-state index contributed by atoms with van der Waals surface area (Å²) >= 11 is 5.87. The summed E-state index contributed by atoms with van der Waals surface area (Å²) in [6, 6.07) is 11.4. The second kappa shape index (κ2) is 5.85. The number of carbonyl (C=O) groups is 1. The Morgan fingerprint density at radius 3 is 2.74 bits per heavy atom. The number of carbonyl (C=O) groups excluding carboxylic acids is 1. The smallest absolute Gasteiger partial charge is 0.251 e. The molecule has 0 aliphatic rings. The molecule has 1 amide bonds. The van der Waals surface area contributed by atoms with Crippen molar-refractivity contribution in [3.8, 4) is 0 Å². The standard InChI is InChI=1S/C15H13ClFNO/c1-10-7-13(17)5-6-14(10)15(19)18-9-11-3-2-4-12(16)8-11/h2-8H,9H2,1H3,(H,18,19). The first-order valence-corrected chi connectivity index (χ1v) is 6.23. The van der Waals surface area contributed by atoms with Crippen molar-refractivity contribution in [3.05, 3.63) is 70.0 Å². The molecular weight excluding hydrogens is 265 g/mol. The van der Waals surface area contributed by atoms with Crippen LogP contribution in [0.5, 0.6) is 0 Å². The Kier molecular flexibility index (Phi) is 4.17. The highest BCUT2D eigenvalue weighted by Gasteiger charge is 2.09. The number of halogens is 2. The Bertz CT molecular complexity index is 613. The Morgan fingerprint density at radius 1 is 1.26 bits per heavy atom. The SMILES string of the molecule is Cc1cc(F)ccc1C(=O)NCc1cccc(Cl)c1. The average Bonchev–Trinajstić information content (AvgIpc) is 2.36. The molecular formula is C15H13ClFNO. The molecule has 1 N–H and O–H groups in total. The predicted octanol–water partition coefficient (Wildman–Crippen LogP) is 3.72. The van der Waals surface area contributed by atoms with Crippen LogP contribution in [0.15, 0.2) is 42.5 Å². The van der Waals surface area contributed by atoms with Gasteiger partial charge in [-0.1, -0.05) is 23.7 Å². The van der Waals surface area contributed by atoms with Gasteiger partial charge in [-0.25, -0.2) is 4.39 Å². The highest BCUT2D eigenvalue weighted by Crippen LogP contribution is 2.12. The number of nitrogens with one attached hydrogen (secondary N) is 1. The van der Waals surface area contributed by atoms with Crippen LogP contribution in [0.2, 0.25) is 5.02 Å². The van der Waals surface area contributed by atoms with Gasteiger partial charge < -0.3 is 5.32 Å². The van der Waals surface area contributed by atoms with Gasteiger partial charge in [-0.3, -0.25) is 4.79 Å². The summed E-state index contributed by atoms with van der Waals surface area (Å²) in [7, 11) is 0. The van der Waals surface area contributed by atoms with Gasteiger partial charge in [0.2, 0.25) is 0 Å². The zero-order valence-corrected chi connectivity index (χ0v) is 11.2. The second-order valence-electron chi connectivity index (χ2n) is 4.27. The molecule has 0 aliphatic heterocycles. The lowest BCUT2D eigenvalue weighted by Gasteiger charge is -2.08. The molecule has 2 rings (SSSR count). The monoisotopic (exact) mass is 277 g/mol. The number of amides is 1. The third-order valence-electron chi connectivity index (χ3n) is 2.78. The second-order valence-corrected chi connectivity index (χ2v) is 4.71. The summed E-state index contributed by atoms with van der Waals surface area (Å²) in [5.74, 6) is -0.568. The average molecular weight is 278 g/mol. The normalized spacial score (nSPS) is 10.3. The van der Waals surface area contributed by atoms with Crippen LogP contribution in [0.4, 0.5) is 4.39 Å². The third kappa shape index (κ3) is 3.55. The number of aryl methyl sites for hydroxylation is 1. The molecule has 0 heterocycles. The van der Waals surface area contributed by atoms with Gasteiger partial charge in [0.25, 0.3) is 5.91 Å². The van der Waals surface area contributed by atoms with Crippen molar-refractivity contribution in [2.45, 2.75) is 13.5 Å². The van der Waals surface area contributed by atoms with E-state index in [1.807, 2.05) is 12.1 Å². The lowest BCUT2D eigenvalue weighted by atomic mass is 10.1. The van der Waals surface area contributed by atoms with Crippen LogP contribution in [0.25, 0.3) is 0 Å². The van der Waals surface area contributed by atoms with E-state index in [0.717, 1.165) is 5.56 Å². The van der Waals surface area contributed by atoms with Crippen LogP contribution in [0.1, 0.15) is 21.5 Å². The van der Waals surface area contributed by atoms with Gasteiger partial charge in [-0.2, -0.15) is 0 Å². The van der Waals surface area contributed by atoms with Crippen LogP contribution >= 0.6 is 11.6 Å². The molecule has 4 heteroatoms. The van der Waals surface area contributed by atoms with E-state index in [2.05, 4.69) is 5.32 Å². The fourth-order valence-electron chi connectivity index (χ4n) is 1.81. The highest BCUT2D eigenvalue weighted by molar-refractivity contribution is 6.30. The van der Waals surface area contributed by atoms with Crippen LogP contribution < -0.4 is 5.32 Å². The van der Waals surface area contributed by atoms with Crippen molar-refractivity contribution < 1.29 is 9.18 Å². The largest absolute Gasteiger partial charge is 0.348 e. The highest BCUT2D eigenvalue weighted by atomic mass is 35.5. The fourth-order valence-corrected chi connectivity index (χ4v) is 2.02. The minimum absolute atomic E-state index is 0.225. The molecule has 0 radical (unpaired) electrons. The van der Waals surface area contributed by atoms with E-state index in [1.165, 1.54) is 18.2 Å². The predicted molar refractivity (Wildman–Crippen MR) is 73.8 cm³/mol. The summed E-state index contributed by atoms with van der Waals surface area (Å²) in [5.41, 5.74) is 2.01. The number of rotatable bonds is 3. The number of hydrogen-bond donors (Lipinski definition) is 1. The maximum atomic E-state index is 13.0. The van der Waals surface area contributed by atoms with Crippen LogP contribution in [-0.4, -0.2) is 5.91 Å². The zero-order valence-electron chi connectivity index (χ0n) is 10.4. The zero-order chi connectivity index (χ0) is 13.8. The van der Waals surface area contributed by atoms with Crippen LogP contribution in [0.3, 0.4) is 0 Å². The van der Waals surface area contributed by atoms with Gasteiger partial charge in [0.15, 0.2) is 0 Å². The van der Waals surface area contributed by atoms with E-state index in [0.29, 0.717) is 22.7 Å². The van der Waals surface area contributed by atoms with Gasteiger partial charge in [0, 0.05) is 17.1 Å². The first kappa shape index (κ1) is 13.6. The molecule has 0 bridgehead atoms. The van der Waals surface area contributed by atoms with Gasteiger partial charge in [-0.15, -0.1) is 0 Å². The topological polar surface area (TPSA) is 29.1 Å². The molecule has 2 aromatic carbocycles. The summed E-state index contributed by atoms with van der Waals surface area (Å²) in [6.45, 7) is 2.09. The molecule has 0 aliphatic carbocycles. The van der Waals surface area contributed by atoms with Crippen molar-refractivity contribution in [2.75, 3.05) is 0 Å². The van der Waals surface area contributed by atoms with E-state index in [9.17, 15) is 9.18 Å². The van der Waals surface area contributed by atoms with E-state index in [1.54, 1.807) is 19.1 Å². The minimum Gasteiger partial charge on any atom is -0.348 e. The van der Waals surface area contributed by atoms with E-state index in [-0.39, 0.29) is 11.7 Å². The van der Waals surface area contributed by atoms with Crippen LogP contribution in [0, 0.1) is 12.7 Å². The molecule has 0 aromatic heterocycles. The lowest BCUT2D eigenvalue weighted by Crippen LogP contribution is -2.23. The van der Waals surface area contributed by atoms with Crippen molar-refractivity contribution in [3.63, 3.8) is 0 Å². The Labute approximate surface area is 116 Å². The Balaban J connectivity index is 2.05. The van der Waals surface area contributed by atoms with Crippen molar-refractivity contribution in [2.24, 2.45) is 0 Å². The van der Waals surface area contributed by atoms with Crippen LogP contribution in [-0.2, 0) is 6.54 Å². The molecule has 0 saturated carbocycles. The van der Waals surface area contributed by atoms with E-state index in [4.69, 9.17) is 11.6 Å². The molecule has 19 heavy (non-hydrogen) atoms. The minimum atomic E-state index is -0.344. The Morgan fingerprint density at radius 2 is 2.05 bits per heavy atom. The molecule has 2 nitrogen and oxygen atoms in total. The molecule has 0 fully saturated rings. The number of hydrogen-bond acceptors (Lipinski definition) is 1. The first-order chi connectivity index (χ1) is 9.06. The molecule has 0 spiro atoms. The molecule has 0 unspecified atom stereocenters. The van der Waals surface area contributed by atoms with Gasteiger partial charge >= 0.3 is 0 Å². The molecule has 0 saturated heterocycles. The maximum absolute atomic E-state index is 13.0.